The second kappa shape index (κ2) is 9.80. The number of carbonyl (C=O) groups is 2. The van der Waals surface area contributed by atoms with E-state index in [-0.39, 0.29) is 17.6 Å². The molecule has 0 aliphatic carbocycles. The zero-order valence-corrected chi connectivity index (χ0v) is 14.9. The van der Waals surface area contributed by atoms with Crippen molar-refractivity contribution in [3.05, 3.63) is 34.9 Å². The molecule has 4 nitrogen and oxygen atoms in total. The molecular weight excluding hydrogens is 324 g/mol. The summed E-state index contributed by atoms with van der Waals surface area (Å²) in [6.07, 6.45) is 6.24. The zero-order valence-electron chi connectivity index (χ0n) is 14.2. The molecule has 1 fully saturated rings. The number of nitrogens with two attached hydrogens (primary N) is 1. The van der Waals surface area contributed by atoms with Crippen LogP contribution in [-0.4, -0.2) is 36.2 Å². The summed E-state index contributed by atoms with van der Waals surface area (Å²) >= 11 is 5.86. The third-order valence-electron chi connectivity index (χ3n) is 4.69. The first-order chi connectivity index (χ1) is 11.6. The van der Waals surface area contributed by atoms with Crippen molar-refractivity contribution in [1.82, 2.24) is 4.90 Å². The van der Waals surface area contributed by atoms with E-state index in [0.717, 1.165) is 45.1 Å². The minimum Gasteiger partial charge on any atom is -0.343 e. The number of unbranched alkanes of at least 4 members (excludes halogenated alkanes) is 3. The van der Waals surface area contributed by atoms with Gasteiger partial charge >= 0.3 is 0 Å². The van der Waals surface area contributed by atoms with Crippen molar-refractivity contribution in [3.8, 4) is 0 Å². The van der Waals surface area contributed by atoms with E-state index in [4.69, 9.17) is 17.3 Å². The predicted octanol–water partition coefficient (Wildman–Crippen LogP) is 3.67. The lowest BCUT2D eigenvalue weighted by Gasteiger charge is -2.31. The fourth-order valence-corrected chi connectivity index (χ4v) is 3.30. The number of piperidine rings is 1. The normalized spacial score (nSPS) is 15.5. The minimum atomic E-state index is 0.0137. The van der Waals surface area contributed by atoms with Crippen LogP contribution in [0.4, 0.5) is 0 Å². The molecule has 1 aliphatic rings. The van der Waals surface area contributed by atoms with Crippen molar-refractivity contribution in [2.75, 3.05) is 19.6 Å². The third-order valence-corrected chi connectivity index (χ3v) is 4.94. The topological polar surface area (TPSA) is 63.4 Å². The average Bonchev–Trinajstić information content (AvgIpc) is 2.61. The van der Waals surface area contributed by atoms with Crippen molar-refractivity contribution in [1.29, 1.82) is 0 Å². The van der Waals surface area contributed by atoms with Crippen LogP contribution in [0.15, 0.2) is 24.3 Å². The Morgan fingerprint density at radius 1 is 1.04 bits per heavy atom. The lowest BCUT2D eigenvalue weighted by atomic mass is 9.89. The van der Waals surface area contributed by atoms with Crippen LogP contribution in [0, 0.1) is 5.92 Å². The van der Waals surface area contributed by atoms with E-state index in [1.807, 2.05) is 4.90 Å². The van der Waals surface area contributed by atoms with Crippen LogP contribution in [0.1, 0.15) is 55.3 Å². The Hall–Kier alpha value is -1.39. The molecule has 1 aromatic carbocycles. The Morgan fingerprint density at radius 2 is 1.67 bits per heavy atom. The van der Waals surface area contributed by atoms with Crippen LogP contribution in [-0.2, 0) is 4.79 Å². The molecule has 1 heterocycles. The number of likely N-dealkylation sites (tertiary alicyclic amines) is 1. The molecule has 2 rings (SSSR count). The van der Waals surface area contributed by atoms with E-state index in [0.29, 0.717) is 30.1 Å². The number of Topliss-reactive ketones (excluding diaryl/α,β-unsaturated/α-hetero) is 1. The number of rotatable bonds is 8. The summed E-state index contributed by atoms with van der Waals surface area (Å²) < 4.78 is 0. The Labute approximate surface area is 149 Å². The first-order valence-electron chi connectivity index (χ1n) is 8.89. The molecule has 2 N–H and O–H groups in total. The van der Waals surface area contributed by atoms with Crippen LogP contribution < -0.4 is 5.73 Å². The van der Waals surface area contributed by atoms with Crippen molar-refractivity contribution in [2.24, 2.45) is 11.7 Å². The molecule has 0 bridgehead atoms. The van der Waals surface area contributed by atoms with E-state index in [9.17, 15) is 9.59 Å². The molecule has 1 aromatic rings. The highest BCUT2D eigenvalue weighted by Crippen LogP contribution is 2.23. The van der Waals surface area contributed by atoms with Crippen LogP contribution in [0.2, 0.25) is 5.02 Å². The van der Waals surface area contributed by atoms with E-state index in [2.05, 4.69) is 0 Å². The first kappa shape index (κ1) is 18.9. The summed E-state index contributed by atoms with van der Waals surface area (Å²) in [6.45, 7) is 2.10. The van der Waals surface area contributed by atoms with E-state index in [1.165, 1.54) is 0 Å². The molecule has 0 radical (unpaired) electrons. The number of nitrogens with zero attached hydrogens (tertiary/aromatic N) is 1. The molecule has 0 aromatic heterocycles. The summed E-state index contributed by atoms with van der Waals surface area (Å²) in [7, 11) is 0. The van der Waals surface area contributed by atoms with Gasteiger partial charge in [0, 0.05) is 36.0 Å². The maximum Gasteiger partial charge on any atom is 0.222 e. The molecule has 0 atom stereocenters. The first-order valence-corrected chi connectivity index (χ1v) is 9.27. The third kappa shape index (κ3) is 5.60. The van der Waals surface area contributed by atoms with Crippen LogP contribution in [0.25, 0.3) is 0 Å². The summed E-state index contributed by atoms with van der Waals surface area (Å²) in [5.41, 5.74) is 6.18. The monoisotopic (exact) mass is 350 g/mol. The number of amides is 1. The number of halogens is 1. The Bertz CT molecular complexity index is 537. The van der Waals surface area contributed by atoms with Gasteiger partial charge in [-0.25, -0.2) is 0 Å². The molecule has 1 amide bonds. The maximum absolute atomic E-state index is 12.5. The highest BCUT2D eigenvalue weighted by Gasteiger charge is 2.27. The molecule has 132 valence electrons. The number of carbonyl (C=O) groups excluding carboxylic acids is 2. The molecular formula is C19H27ClN2O2. The predicted molar refractivity (Wildman–Crippen MR) is 97.2 cm³/mol. The SMILES string of the molecule is NCCCCCCC(=O)N1CCC(C(=O)c2ccc(Cl)cc2)CC1. The van der Waals surface area contributed by atoms with Gasteiger partial charge in [0.15, 0.2) is 5.78 Å². The second-order valence-corrected chi connectivity index (χ2v) is 6.92. The smallest absolute Gasteiger partial charge is 0.222 e. The average molecular weight is 351 g/mol. The lowest BCUT2D eigenvalue weighted by Crippen LogP contribution is -2.40. The van der Waals surface area contributed by atoms with Crippen molar-refractivity contribution >= 4 is 23.3 Å². The summed E-state index contributed by atoms with van der Waals surface area (Å²) in [5, 5.41) is 0.637. The van der Waals surface area contributed by atoms with E-state index in [1.54, 1.807) is 24.3 Å². The van der Waals surface area contributed by atoms with E-state index >= 15 is 0 Å². The second-order valence-electron chi connectivity index (χ2n) is 6.48. The zero-order chi connectivity index (χ0) is 17.4. The molecule has 1 saturated heterocycles. The fraction of sp³-hybridized carbons (Fsp3) is 0.579. The number of ketones is 1. The van der Waals surface area contributed by atoms with Gasteiger partial charge in [-0.1, -0.05) is 24.4 Å². The van der Waals surface area contributed by atoms with Crippen LogP contribution in [0.3, 0.4) is 0 Å². The Balaban J connectivity index is 1.73. The van der Waals surface area contributed by atoms with Gasteiger partial charge in [-0.2, -0.15) is 0 Å². The molecule has 5 heteroatoms. The van der Waals surface area contributed by atoms with Crippen LogP contribution in [0.5, 0.6) is 0 Å². The Morgan fingerprint density at radius 3 is 2.29 bits per heavy atom. The number of hydrogen-bond acceptors (Lipinski definition) is 3. The van der Waals surface area contributed by atoms with Gasteiger partial charge in [0.05, 0.1) is 0 Å². The molecule has 0 spiro atoms. The highest BCUT2D eigenvalue weighted by atomic mass is 35.5. The van der Waals surface area contributed by atoms with Gasteiger partial charge in [0.1, 0.15) is 0 Å². The van der Waals surface area contributed by atoms with Gasteiger partial charge in [-0.05, 0) is 56.5 Å². The highest BCUT2D eigenvalue weighted by molar-refractivity contribution is 6.30. The fourth-order valence-electron chi connectivity index (χ4n) is 3.17. The molecule has 0 unspecified atom stereocenters. The molecule has 24 heavy (non-hydrogen) atoms. The number of hydrogen-bond donors (Lipinski definition) is 1. The largest absolute Gasteiger partial charge is 0.343 e. The summed E-state index contributed by atoms with van der Waals surface area (Å²) in [4.78, 5) is 26.6. The summed E-state index contributed by atoms with van der Waals surface area (Å²) in [5.74, 6) is 0.403. The Kier molecular flexibility index (Phi) is 7.73. The van der Waals surface area contributed by atoms with Gasteiger partial charge in [0.25, 0.3) is 0 Å². The quantitative estimate of drug-likeness (QED) is 0.574. The van der Waals surface area contributed by atoms with Gasteiger partial charge in [-0.3, -0.25) is 9.59 Å². The van der Waals surface area contributed by atoms with Crippen LogP contribution >= 0.6 is 11.6 Å². The van der Waals surface area contributed by atoms with Crippen molar-refractivity contribution in [3.63, 3.8) is 0 Å². The standard InChI is InChI=1S/C19H27ClN2O2/c20-17-8-6-15(7-9-17)19(24)16-10-13-22(14-11-16)18(23)5-3-1-2-4-12-21/h6-9,16H,1-5,10-14,21H2. The summed E-state index contributed by atoms with van der Waals surface area (Å²) in [6, 6.07) is 7.06. The minimum absolute atomic E-state index is 0.0137. The lowest BCUT2D eigenvalue weighted by molar-refractivity contribution is -0.132. The number of benzene rings is 1. The van der Waals surface area contributed by atoms with Gasteiger partial charge < -0.3 is 10.6 Å². The van der Waals surface area contributed by atoms with Crippen molar-refractivity contribution < 1.29 is 9.59 Å². The molecule has 0 saturated carbocycles. The van der Waals surface area contributed by atoms with Crippen molar-refractivity contribution in [2.45, 2.75) is 44.9 Å². The van der Waals surface area contributed by atoms with Gasteiger partial charge in [-0.15, -0.1) is 0 Å². The molecule has 1 aliphatic heterocycles. The maximum atomic E-state index is 12.5. The van der Waals surface area contributed by atoms with Gasteiger partial charge in [0.2, 0.25) is 5.91 Å². The van der Waals surface area contributed by atoms with E-state index < -0.39 is 0 Å².